The minimum absolute atomic E-state index is 0.148. The number of hydrogen-bond donors (Lipinski definition) is 0. The lowest BCUT2D eigenvalue weighted by Gasteiger charge is -2.10. The molecule has 31 heavy (non-hydrogen) atoms. The van der Waals surface area contributed by atoms with Crippen LogP contribution in [0.2, 0.25) is 0 Å². The first-order valence-electron chi connectivity index (χ1n) is 9.80. The molecular weight excluding hydrogens is 416 g/mol. The van der Waals surface area contributed by atoms with Crippen LogP contribution in [0.1, 0.15) is 45.1 Å². The third-order valence-corrected chi connectivity index (χ3v) is 6.03. The number of aryl methyl sites for hydroxylation is 3. The normalized spacial score (nSPS) is 11.2. The van der Waals surface area contributed by atoms with Crippen molar-refractivity contribution >= 4 is 28.9 Å². The minimum atomic E-state index is -0.431. The average molecular weight is 439 g/mol. The highest BCUT2D eigenvalue weighted by Gasteiger charge is 2.19. The first kappa shape index (κ1) is 20.9. The molecule has 0 radical (unpaired) electrons. The second-order valence-electron chi connectivity index (χ2n) is 7.25. The van der Waals surface area contributed by atoms with Crippen LogP contribution in [0.4, 0.5) is 0 Å². The summed E-state index contributed by atoms with van der Waals surface area (Å²) in [6.45, 7) is 7.28. The highest BCUT2D eigenvalue weighted by Crippen LogP contribution is 2.23. The Morgan fingerprint density at radius 1 is 1.13 bits per heavy atom. The fraction of sp³-hybridized carbons (Fsp3) is 0.333. The summed E-state index contributed by atoms with van der Waals surface area (Å²) in [6.07, 6.45) is 3.77. The predicted octanol–water partition coefficient (Wildman–Crippen LogP) is 2.96. The molecule has 4 rings (SSSR count). The average Bonchev–Trinajstić information content (AvgIpc) is 3.46. The number of ketones is 1. The maximum Gasteiger partial charge on any atom is 0.306 e. The van der Waals surface area contributed by atoms with E-state index < -0.39 is 5.97 Å². The molecule has 160 valence electrons. The van der Waals surface area contributed by atoms with E-state index >= 15 is 0 Å². The molecule has 10 heteroatoms. The van der Waals surface area contributed by atoms with Crippen molar-refractivity contribution in [3.8, 4) is 5.13 Å². The van der Waals surface area contributed by atoms with Crippen LogP contribution in [-0.2, 0) is 16.0 Å². The molecule has 0 atom stereocenters. The molecule has 0 amide bonds. The zero-order chi connectivity index (χ0) is 22.1. The van der Waals surface area contributed by atoms with E-state index in [0.29, 0.717) is 17.8 Å². The van der Waals surface area contributed by atoms with Gasteiger partial charge >= 0.3 is 5.97 Å². The van der Waals surface area contributed by atoms with Gasteiger partial charge in [-0.2, -0.15) is 10.1 Å². The summed E-state index contributed by atoms with van der Waals surface area (Å²) in [5.74, 6) is -0.135. The van der Waals surface area contributed by atoms with Gasteiger partial charge in [-0.25, -0.2) is 14.5 Å². The second-order valence-corrected chi connectivity index (χ2v) is 8.12. The zero-order valence-corrected chi connectivity index (χ0v) is 18.6. The summed E-state index contributed by atoms with van der Waals surface area (Å²) in [5, 5.41) is 6.84. The second kappa shape index (κ2) is 8.38. The SMILES string of the molecule is Cc1nc2ncnn2c(C)c1CCC(=O)OCC(=O)c1cc(C)n(-c2nccs2)c1C. The molecule has 9 nitrogen and oxygen atoms in total. The van der Waals surface area contributed by atoms with E-state index in [2.05, 4.69) is 20.1 Å². The number of esters is 1. The molecule has 0 N–H and O–H groups in total. The molecule has 0 fully saturated rings. The largest absolute Gasteiger partial charge is 0.457 e. The topological polar surface area (TPSA) is 104 Å². The number of Topliss-reactive ketones (excluding diaryl/α,β-unsaturated/α-hetero) is 1. The predicted molar refractivity (Wildman–Crippen MR) is 115 cm³/mol. The maximum atomic E-state index is 12.7. The van der Waals surface area contributed by atoms with Gasteiger partial charge in [0.2, 0.25) is 5.78 Å². The molecule has 0 saturated carbocycles. The molecule has 0 aliphatic heterocycles. The van der Waals surface area contributed by atoms with Crippen molar-refractivity contribution in [2.75, 3.05) is 6.61 Å². The quantitative estimate of drug-likeness (QED) is 0.323. The van der Waals surface area contributed by atoms with Gasteiger partial charge in [0.25, 0.3) is 5.78 Å². The smallest absolute Gasteiger partial charge is 0.306 e. The Balaban J connectivity index is 1.39. The van der Waals surface area contributed by atoms with Crippen LogP contribution in [0.25, 0.3) is 10.9 Å². The van der Waals surface area contributed by atoms with Crippen molar-refractivity contribution < 1.29 is 14.3 Å². The van der Waals surface area contributed by atoms with Crippen molar-refractivity contribution in [2.45, 2.75) is 40.5 Å². The van der Waals surface area contributed by atoms with Crippen LogP contribution in [0.5, 0.6) is 0 Å². The van der Waals surface area contributed by atoms with Crippen LogP contribution >= 0.6 is 11.3 Å². The van der Waals surface area contributed by atoms with E-state index in [1.807, 2.05) is 37.6 Å². The molecule has 4 heterocycles. The van der Waals surface area contributed by atoms with E-state index in [9.17, 15) is 9.59 Å². The number of nitrogens with zero attached hydrogens (tertiary/aromatic N) is 6. The molecule has 4 aromatic heterocycles. The van der Waals surface area contributed by atoms with E-state index in [1.165, 1.54) is 17.7 Å². The number of carbonyl (C=O) groups excluding carboxylic acids is 2. The third-order valence-electron chi connectivity index (χ3n) is 5.27. The lowest BCUT2D eigenvalue weighted by atomic mass is 10.1. The molecular formula is C21H22N6O3S. The Hall–Kier alpha value is -3.40. The number of rotatable bonds is 7. The van der Waals surface area contributed by atoms with Crippen LogP contribution in [0.15, 0.2) is 24.0 Å². The first-order chi connectivity index (χ1) is 14.9. The van der Waals surface area contributed by atoms with Gasteiger partial charge in [-0.05, 0) is 45.7 Å². The first-order valence-corrected chi connectivity index (χ1v) is 10.7. The number of thiazole rings is 1. The summed E-state index contributed by atoms with van der Waals surface area (Å²) < 4.78 is 8.84. The molecule has 0 aliphatic carbocycles. The fourth-order valence-electron chi connectivity index (χ4n) is 3.71. The van der Waals surface area contributed by atoms with Crippen LogP contribution in [0.3, 0.4) is 0 Å². The number of fused-ring (bicyclic) bond motifs is 1. The Bertz CT molecular complexity index is 1270. The standard InChI is InChI=1S/C21H22N6O3S/c1-12-9-17(14(3)26(12)21-22-7-8-31-21)18(28)10-30-19(29)6-5-16-13(2)25-20-23-11-24-27(20)15(16)4/h7-9,11H,5-6,10H2,1-4H3. The Morgan fingerprint density at radius 2 is 1.94 bits per heavy atom. The van der Waals surface area contributed by atoms with Gasteiger partial charge in [0, 0.05) is 46.3 Å². The van der Waals surface area contributed by atoms with Crippen molar-refractivity contribution in [2.24, 2.45) is 0 Å². The lowest BCUT2D eigenvalue weighted by Crippen LogP contribution is -2.16. The summed E-state index contributed by atoms with van der Waals surface area (Å²) in [5.41, 5.74) is 4.84. The Labute approximate surface area is 182 Å². The van der Waals surface area contributed by atoms with Crippen LogP contribution in [-0.4, -0.2) is 47.5 Å². The van der Waals surface area contributed by atoms with E-state index in [1.54, 1.807) is 16.8 Å². The molecule has 0 aliphatic rings. The summed E-state index contributed by atoms with van der Waals surface area (Å²) in [6, 6.07) is 1.80. The lowest BCUT2D eigenvalue weighted by molar-refractivity contribution is -0.142. The molecule has 0 spiro atoms. The van der Waals surface area contributed by atoms with Crippen LogP contribution in [0, 0.1) is 27.7 Å². The number of aromatic nitrogens is 6. The molecule has 0 bridgehead atoms. The number of carbonyl (C=O) groups is 2. The van der Waals surface area contributed by atoms with Crippen molar-refractivity contribution in [1.82, 2.24) is 29.1 Å². The van der Waals surface area contributed by atoms with Gasteiger partial charge in [0.1, 0.15) is 6.33 Å². The van der Waals surface area contributed by atoms with Gasteiger partial charge < -0.3 is 4.74 Å². The fourth-order valence-corrected chi connectivity index (χ4v) is 4.46. The minimum Gasteiger partial charge on any atom is -0.457 e. The Kier molecular flexibility index (Phi) is 5.64. The molecule has 0 unspecified atom stereocenters. The van der Waals surface area contributed by atoms with Gasteiger partial charge in [-0.3, -0.25) is 14.2 Å². The highest BCUT2D eigenvalue weighted by atomic mass is 32.1. The summed E-state index contributed by atoms with van der Waals surface area (Å²) in [7, 11) is 0. The van der Waals surface area contributed by atoms with Gasteiger partial charge in [0.15, 0.2) is 11.7 Å². The van der Waals surface area contributed by atoms with Gasteiger partial charge in [-0.1, -0.05) is 0 Å². The summed E-state index contributed by atoms with van der Waals surface area (Å²) in [4.78, 5) is 37.8. The number of ether oxygens (including phenoxy) is 1. The van der Waals surface area contributed by atoms with Crippen LogP contribution < -0.4 is 0 Å². The third kappa shape index (κ3) is 3.98. The summed E-state index contributed by atoms with van der Waals surface area (Å²) >= 11 is 1.50. The highest BCUT2D eigenvalue weighted by molar-refractivity contribution is 7.12. The van der Waals surface area contributed by atoms with Gasteiger partial charge in [-0.15, -0.1) is 11.3 Å². The van der Waals surface area contributed by atoms with Crippen molar-refractivity contribution in [1.29, 1.82) is 0 Å². The van der Waals surface area contributed by atoms with Gasteiger partial charge in [0.05, 0.1) is 0 Å². The Morgan fingerprint density at radius 3 is 2.68 bits per heavy atom. The molecule has 4 aromatic rings. The zero-order valence-electron chi connectivity index (χ0n) is 17.7. The molecule has 0 saturated heterocycles. The monoisotopic (exact) mass is 438 g/mol. The van der Waals surface area contributed by atoms with Crippen molar-refractivity contribution in [3.05, 3.63) is 57.9 Å². The van der Waals surface area contributed by atoms with E-state index in [4.69, 9.17) is 4.74 Å². The maximum absolute atomic E-state index is 12.7. The molecule has 0 aromatic carbocycles. The van der Waals surface area contributed by atoms with E-state index in [-0.39, 0.29) is 18.8 Å². The van der Waals surface area contributed by atoms with Crippen molar-refractivity contribution in [3.63, 3.8) is 0 Å². The van der Waals surface area contributed by atoms with E-state index in [0.717, 1.165) is 33.5 Å². The number of hydrogen-bond acceptors (Lipinski definition) is 8.